The predicted molar refractivity (Wildman–Crippen MR) is 138 cm³/mol. The molecule has 7 nitrogen and oxygen atoms in total. The van der Waals surface area contributed by atoms with E-state index in [1.165, 1.54) is 0 Å². The number of carbonyl (C=O) groups excluding carboxylic acids is 1. The SMILES string of the molecule is COc1cc2nccc(Oc3ccc4c(c3)CCCN4C(=O)Nc3cccc(Cl)c3)c2cc1OC. The van der Waals surface area contributed by atoms with Crippen molar-refractivity contribution < 1.29 is 19.0 Å². The second-order valence-corrected chi connectivity index (χ2v) is 8.56. The van der Waals surface area contributed by atoms with E-state index >= 15 is 0 Å². The molecular formula is C27H24ClN3O4. The van der Waals surface area contributed by atoms with Crippen molar-refractivity contribution in [1.82, 2.24) is 4.98 Å². The highest BCUT2D eigenvalue weighted by Crippen LogP contribution is 2.38. The number of aromatic nitrogens is 1. The van der Waals surface area contributed by atoms with E-state index in [0.29, 0.717) is 40.3 Å². The van der Waals surface area contributed by atoms with Gasteiger partial charge in [0.2, 0.25) is 0 Å². The van der Waals surface area contributed by atoms with Crippen LogP contribution in [0.4, 0.5) is 16.2 Å². The Morgan fingerprint density at radius 2 is 1.83 bits per heavy atom. The highest BCUT2D eigenvalue weighted by Gasteiger charge is 2.23. The van der Waals surface area contributed by atoms with E-state index in [0.717, 1.165) is 35.0 Å². The minimum Gasteiger partial charge on any atom is -0.493 e. The van der Waals surface area contributed by atoms with Crippen LogP contribution in [0.1, 0.15) is 12.0 Å². The number of nitrogens with zero attached hydrogens (tertiary/aromatic N) is 2. The van der Waals surface area contributed by atoms with E-state index in [1.54, 1.807) is 43.5 Å². The molecule has 0 bridgehead atoms. The number of ether oxygens (including phenoxy) is 3. The average Bonchev–Trinajstić information content (AvgIpc) is 2.87. The van der Waals surface area contributed by atoms with Gasteiger partial charge in [-0.15, -0.1) is 0 Å². The molecule has 2 amide bonds. The summed E-state index contributed by atoms with van der Waals surface area (Å²) in [5.41, 5.74) is 3.31. The Bertz CT molecular complexity index is 1410. The summed E-state index contributed by atoms with van der Waals surface area (Å²) in [7, 11) is 3.19. The zero-order valence-electron chi connectivity index (χ0n) is 19.4. The van der Waals surface area contributed by atoms with Crippen LogP contribution in [-0.4, -0.2) is 31.8 Å². The third-order valence-corrected chi connectivity index (χ3v) is 6.16. The Morgan fingerprint density at radius 3 is 2.63 bits per heavy atom. The number of fused-ring (bicyclic) bond motifs is 2. The Hall–Kier alpha value is -3.97. The average molecular weight is 490 g/mol. The topological polar surface area (TPSA) is 72.9 Å². The molecule has 0 fully saturated rings. The van der Waals surface area contributed by atoms with E-state index in [4.69, 9.17) is 25.8 Å². The van der Waals surface area contributed by atoms with E-state index < -0.39 is 0 Å². The zero-order valence-corrected chi connectivity index (χ0v) is 20.1. The summed E-state index contributed by atoms with van der Waals surface area (Å²) >= 11 is 6.05. The molecule has 3 aromatic carbocycles. The van der Waals surface area contributed by atoms with Gasteiger partial charge in [0.05, 0.1) is 19.7 Å². The van der Waals surface area contributed by atoms with Crippen LogP contribution in [0.3, 0.4) is 0 Å². The Morgan fingerprint density at radius 1 is 1.00 bits per heavy atom. The van der Waals surface area contributed by atoms with Crippen molar-refractivity contribution in [1.29, 1.82) is 0 Å². The Balaban J connectivity index is 1.41. The van der Waals surface area contributed by atoms with Crippen LogP contribution >= 0.6 is 11.6 Å². The number of hydrogen-bond acceptors (Lipinski definition) is 5. The van der Waals surface area contributed by atoms with Crippen LogP contribution in [-0.2, 0) is 6.42 Å². The summed E-state index contributed by atoms with van der Waals surface area (Å²) < 4.78 is 17.1. The number of benzene rings is 3. The molecule has 0 atom stereocenters. The third-order valence-electron chi connectivity index (χ3n) is 5.93. The van der Waals surface area contributed by atoms with Gasteiger partial charge in [0.15, 0.2) is 11.5 Å². The zero-order chi connectivity index (χ0) is 24.4. The normalized spacial score (nSPS) is 12.7. The first-order chi connectivity index (χ1) is 17.1. The van der Waals surface area contributed by atoms with E-state index in [9.17, 15) is 4.79 Å². The molecule has 8 heteroatoms. The van der Waals surface area contributed by atoms with Crippen LogP contribution in [0.2, 0.25) is 5.02 Å². The summed E-state index contributed by atoms with van der Waals surface area (Å²) in [6, 6.07) is 18.2. The number of carbonyl (C=O) groups is 1. The van der Waals surface area contributed by atoms with Crippen LogP contribution in [0.5, 0.6) is 23.0 Å². The Kier molecular flexibility index (Phi) is 6.33. The van der Waals surface area contributed by atoms with Gasteiger partial charge in [-0.1, -0.05) is 17.7 Å². The molecule has 0 radical (unpaired) electrons. The Labute approximate surface area is 208 Å². The van der Waals surface area contributed by atoms with Crippen molar-refractivity contribution in [3.05, 3.63) is 77.4 Å². The number of aryl methyl sites for hydroxylation is 1. The number of amides is 2. The molecule has 35 heavy (non-hydrogen) atoms. The molecule has 1 aromatic heterocycles. The van der Waals surface area contributed by atoms with Crippen molar-refractivity contribution in [3.8, 4) is 23.0 Å². The minimum absolute atomic E-state index is 0.192. The van der Waals surface area contributed by atoms with E-state index in [2.05, 4.69) is 10.3 Å². The number of nitrogens with one attached hydrogen (secondary N) is 1. The molecule has 1 N–H and O–H groups in total. The van der Waals surface area contributed by atoms with Gasteiger partial charge in [0, 0.05) is 40.6 Å². The van der Waals surface area contributed by atoms with Gasteiger partial charge in [-0.05, 0) is 66.9 Å². The molecule has 4 aromatic rings. The number of rotatable bonds is 5. The van der Waals surface area contributed by atoms with Crippen molar-refractivity contribution >= 4 is 39.9 Å². The smallest absolute Gasteiger partial charge is 0.326 e. The number of pyridine rings is 1. The van der Waals surface area contributed by atoms with E-state index in [-0.39, 0.29) is 6.03 Å². The standard InChI is InChI=1S/C27H24ClN3O4/c1-33-25-15-21-22(16-26(25)34-2)29-11-10-24(21)35-20-8-9-23-17(13-20)5-4-12-31(23)27(32)30-19-7-3-6-18(28)14-19/h3,6-11,13-16H,4-5,12H2,1-2H3,(H,30,32). The molecule has 0 saturated carbocycles. The largest absolute Gasteiger partial charge is 0.493 e. The van der Waals surface area contributed by atoms with Crippen molar-refractivity contribution in [2.24, 2.45) is 0 Å². The highest BCUT2D eigenvalue weighted by molar-refractivity contribution is 6.30. The first kappa shape index (κ1) is 22.8. The third kappa shape index (κ3) is 4.68. The lowest BCUT2D eigenvalue weighted by atomic mass is 10.0. The fraction of sp³-hybridized carbons (Fsp3) is 0.185. The molecule has 0 spiro atoms. The maximum absolute atomic E-state index is 13.0. The van der Waals surface area contributed by atoms with Crippen molar-refractivity contribution in [2.45, 2.75) is 12.8 Å². The second-order valence-electron chi connectivity index (χ2n) is 8.12. The van der Waals surface area contributed by atoms with Crippen LogP contribution in [0.25, 0.3) is 10.9 Å². The van der Waals surface area contributed by atoms with Crippen LogP contribution < -0.4 is 24.4 Å². The lowest BCUT2D eigenvalue weighted by Crippen LogP contribution is -2.38. The lowest BCUT2D eigenvalue weighted by Gasteiger charge is -2.30. The van der Waals surface area contributed by atoms with Gasteiger partial charge in [0.1, 0.15) is 11.5 Å². The van der Waals surface area contributed by atoms with Gasteiger partial charge in [0.25, 0.3) is 0 Å². The molecule has 1 aliphatic heterocycles. The number of halogens is 1. The first-order valence-corrected chi connectivity index (χ1v) is 11.6. The molecule has 0 aliphatic carbocycles. The number of methoxy groups -OCH3 is 2. The van der Waals surface area contributed by atoms with Crippen molar-refractivity contribution in [2.75, 3.05) is 31.0 Å². The quantitative estimate of drug-likeness (QED) is 0.338. The fourth-order valence-electron chi connectivity index (χ4n) is 4.27. The molecule has 178 valence electrons. The van der Waals surface area contributed by atoms with E-state index in [1.807, 2.05) is 42.5 Å². The summed E-state index contributed by atoms with van der Waals surface area (Å²) in [6.45, 7) is 0.635. The van der Waals surface area contributed by atoms with Gasteiger partial charge in [-0.3, -0.25) is 9.88 Å². The van der Waals surface area contributed by atoms with Crippen LogP contribution in [0, 0.1) is 0 Å². The monoisotopic (exact) mass is 489 g/mol. The first-order valence-electron chi connectivity index (χ1n) is 11.2. The maximum atomic E-state index is 13.0. The van der Waals surface area contributed by atoms with Gasteiger partial charge in [-0.2, -0.15) is 0 Å². The number of hydrogen-bond donors (Lipinski definition) is 1. The van der Waals surface area contributed by atoms with Gasteiger partial charge < -0.3 is 19.5 Å². The van der Waals surface area contributed by atoms with Crippen molar-refractivity contribution in [3.63, 3.8) is 0 Å². The van der Waals surface area contributed by atoms with Crippen LogP contribution in [0.15, 0.2) is 66.9 Å². The molecular weight excluding hydrogens is 466 g/mol. The summed E-state index contributed by atoms with van der Waals surface area (Å²) in [4.78, 5) is 19.2. The maximum Gasteiger partial charge on any atom is 0.326 e. The fourth-order valence-corrected chi connectivity index (χ4v) is 4.46. The molecule has 1 aliphatic rings. The summed E-state index contributed by atoms with van der Waals surface area (Å²) in [5.74, 6) is 2.55. The number of urea groups is 1. The highest BCUT2D eigenvalue weighted by atomic mass is 35.5. The second kappa shape index (κ2) is 9.72. The molecule has 0 unspecified atom stereocenters. The molecule has 0 saturated heterocycles. The van der Waals surface area contributed by atoms with Gasteiger partial charge in [-0.25, -0.2) is 4.79 Å². The predicted octanol–water partition coefficient (Wildman–Crippen LogP) is 6.68. The summed E-state index contributed by atoms with van der Waals surface area (Å²) in [6.07, 6.45) is 3.41. The molecule has 2 heterocycles. The minimum atomic E-state index is -0.192. The summed E-state index contributed by atoms with van der Waals surface area (Å²) in [5, 5.41) is 4.31. The lowest BCUT2D eigenvalue weighted by molar-refractivity contribution is 0.256. The molecule has 5 rings (SSSR count). The number of anilines is 2. The van der Waals surface area contributed by atoms with Gasteiger partial charge >= 0.3 is 6.03 Å².